The molecule has 0 amide bonds. The van der Waals surface area contributed by atoms with Gasteiger partial charge >= 0.3 is 0 Å². The van der Waals surface area contributed by atoms with Crippen molar-refractivity contribution in [3.05, 3.63) is 0 Å². The van der Waals surface area contributed by atoms with Gasteiger partial charge in [-0.05, 0) is 18.8 Å². The molecule has 0 aromatic rings. The first-order valence-electron chi connectivity index (χ1n) is 4.84. The zero-order chi connectivity index (χ0) is 9.68. The molecule has 13 heavy (non-hydrogen) atoms. The summed E-state index contributed by atoms with van der Waals surface area (Å²) in [7, 11) is 1.63. The molecule has 1 aliphatic rings. The Bertz CT molecular complexity index is 166. The van der Waals surface area contributed by atoms with E-state index >= 15 is 0 Å². The van der Waals surface area contributed by atoms with Gasteiger partial charge in [0.25, 0.3) is 0 Å². The van der Waals surface area contributed by atoms with Gasteiger partial charge in [-0.25, -0.2) is 4.21 Å². The van der Waals surface area contributed by atoms with Gasteiger partial charge in [-0.3, -0.25) is 0 Å². The summed E-state index contributed by atoms with van der Waals surface area (Å²) in [5, 5.41) is 0. The minimum absolute atomic E-state index is 0.0221. The molecular weight excluding hydrogens is 188 g/mol. The second-order valence-electron chi connectivity index (χ2n) is 3.66. The van der Waals surface area contributed by atoms with Gasteiger partial charge in [0.1, 0.15) is 0 Å². The van der Waals surface area contributed by atoms with Gasteiger partial charge in [-0.15, -0.1) is 0 Å². The fourth-order valence-electron chi connectivity index (χ4n) is 2.04. The van der Waals surface area contributed by atoms with E-state index in [0.717, 1.165) is 12.8 Å². The zero-order valence-electron chi connectivity index (χ0n) is 8.07. The van der Waals surface area contributed by atoms with E-state index in [1.165, 1.54) is 19.3 Å². The van der Waals surface area contributed by atoms with Crippen molar-refractivity contribution in [3.8, 4) is 0 Å². The molecule has 0 bridgehead atoms. The highest BCUT2D eigenvalue weighted by Crippen LogP contribution is 2.27. The third-order valence-electron chi connectivity index (χ3n) is 2.79. The zero-order valence-corrected chi connectivity index (χ0v) is 8.89. The molecule has 0 aromatic heterocycles. The van der Waals surface area contributed by atoms with Crippen LogP contribution in [-0.2, 0) is 15.8 Å². The Morgan fingerprint density at radius 1 is 1.46 bits per heavy atom. The van der Waals surface area contributed by atoms with Crippen LogP contribution in [0.25, 0.3) is 0 Å². The van der Waals surface area contributed by atoms with E-state index in [0.29, 0.717) is 5.92 Å². The van der Waals surface area contributed by atoms with Gasteiger partial charge in [0.2, 0.25) is 0 Å². The molecule has 1 fully saturated rings. The van der Waals surface area contributed by atoms with E-state index < -0.39 is 11.1 Å². The first kappa shape index (κ1) is 11.1. The number of hydrogen-bond acceptors (Lipinski definition) is 2. The van der Waals surface area contributed by atoms with Gasteiger partial charge in [0.05, 0.1) is 11.9 Å². The summed E-state index contributed by atoms with van der Waals surface area (Å²) >= 11 is -1.72. The van der Waals surface area contributed by atoms with Crippen molar-refractivity contribution in [2.45, 2.75) is 38.2 Å². The highest BCUT2D eigenvalue weighted by atomic mass is 32.2. The van der Waals surface area contributed by atoms with E-state index in [2.05, 4.69) is 0 Å². The predicted octanol–water partition coefficient (Wildman–Crippen LogP) is 1.80. The van der Waals surface area contributed by atoms with Crippen LogP contribution >= 0.6 is 0 Å². The van der Waals surface area contributed by atoms with Crippen LogP contribution in [0.3, 0.4) is 0 Å². The average Bonchev–Trinajstić information content (AvgIpc) is 2.15. The van der Waals surface area contributed by atoms with Gasteiger partial charge in [0, 0.05) is 7.11 Å². The lowest BCUT2D eigenvalue weighted by molar-refractivity contribution is 0.0528. The molecule has 0 aromatic carbocycles. The highest BCUT2D eigenvalue weighted by Gasteiger charge is 2.24. The molecular formula is C9H18O3S. The summed E-state index contributed by atoms with van der Waals surface area (Å²) < 4.78 is 24.7. The first-order chi connectivity index (χ1) is 6.24. The molecule has 78 valence electrons. The van der Waals surface area contributed by atoms with Gasteiger partial charge in [-0.1, -0.05) is 19.3 Å². The highest BCUT2D eigenvalue weighted by molar-refractivity contribution is 7.79. The molecule has 1 aliphatic carbocycles. The fourth-order valence-corrected chi connectivity index (χ4v) is 2.73. The van der Waals surface area contributed by atoms with E-state index in [1.807, 2.05) is 0 Å². The summed E-state index contributed by atoms with van der Waals surface area (Å²) in [5.41, 5.74) is 0. The molecule has 4 heteroatoms. The molecule has 2 unspecified atom stereocenters. The van der Waals surface area contributed by atoms with Crippen molar-refractivity contribution in [1.82, 2.24) is 0 Å². The van der Waals surface area contributed by atoms with Crippen LogP contribution < -0.4 is 0 Å². The third-order valence-corrected chi connectivity index (χ3v) is 3.40. The first-order valence-corrected chi connectivity index (χ1v) is 6.12. The Hall–Kier alpha value is 0.0700. The minimum Gasteiger partial charge on any atom is -0.380 e. The van der Waals surface area contributed by atoms with E-state index in [4.69, 9.17) is 9.29 Å². The summed E-state index contributed by atoms with van der Waals surface area (Å²) in [6.45, 7) is 0. The maximum absolute atomic E-state index is 10.6. The van der Waals surface area contributed by atoms with Crippen LogP contribution in [0.5, 0.6) is 0 Å². The van der Waals surface area contributed by atoms with E-state index in [1.54, 1.807) is 7.11 Å². The lowest BCUT2D eigenvalue weighted by atomic mass is 9.86. The van der Waals surface area contributed by atoms with Crippen LogP contribution in [0.4, 0.5) is 0 Å². The fraction of sp³-hybridized carbons (Fsp3) is 1.00. The Kier molecular flexibility index (Phi) is 4.91. The van der Waals surface area contributed by atoms with Crippen molar-refractivity contribution in [3.63, 3.8) is 0 Å². The second-order valence-corrected chi connectivity index (χ2v) is 4.64. The van der Waals surface area contributed by atoms with Crippen molar-refractivity contribution >= 4 is 11.1 Å². The molecule has 0 aliphatic heterocycles. The SMILES string of the molecule is COC(CS(=O)O)C1CCCCC1. The molecule has 1 N–H and O–H groups in total. The van der Waals surface area contributed by atoms with Crippen molar-refractivity contribution < 1.29 is 13.5 Å². The van der Waals surface area contributed by atoms with Crippen LogP contribution in [-0.4, -0.2) is 27.7 Å². The Morgan fingerprint density at radius 2 is 2.08 bits per heavy atom. The summed E-state index contributed by atoms with van der Waals surface area (Å²) in [6, 6.07) is 0. The summed E-state index contributed by atoms with van der Waals surface area (Å²) in [6.07, 6.45) is 6.05. The predicted molar refractivity (Wildman–Crippen MR) is 53.0 cm³/mol. The molecule has 0 radical (unpaired) electrons. The van der Waals surface area contributed by atoms with Crippen LogP contribution in [0, 0.1) is 5.92 Å². The Labute approximate surface area is 82.1 Å². The largest absolute Gasteiger partial charge is 0.380 e. The van der Waals surface area contributed by atoms with Crippen molar-refractivity contribution in [2.75, 3.05) is 12.9 Å². The quantitative estimate of drug-likeness (QED) is 0.713. The maximum Gasteiger partial charge on any atom is 0.155 e. The average molecular weight is 206 g/mol. The molecule has 1 rings (SSSR count). The maximum atomic E-state index is 10.6. The van der Waals surface area contributed by atoms with Gasteiger partial charge < -0.3 is 9.29 Å². The van der Waals surface area contributed by atoms with E-state index in [-0.39, 0.29) is 11.9 Å². The molecule has 0 heterocycles. The van der Waals surface area contributed by atoms with Crippen LogP contribution in [0.15, 0.2) is 0 Å². The third kappa shape index (κ3) is 3.75. The number of hydrogen-bond donors (Lipinski definition) is 1. The van der Waals surface area contributed by atoms with Gasteiger partial charge in [-0.2, -0.15) is 0 Å². The molecule has 2 atom stereocenters. The smallest absolute Gasteiger partial charge is 0.155 e. The van der Waals surface area contributed by atoms with Crippen molar-refractivity contribution in [1.29, 1.82) is 0 Å². The molecule has 0 spiro atoms. The standard InChI is InChI=1S/C9H18O3S/c1-12-9(7-13(10)11)8-5-3-2-4-6-8/h8-9H,2-7H2,1H3,(H,10,11). The Morgan fingerprint density at radius 3 is 2.54 bits per heavy atom. The normalized spacial score (nSPS) is 24.2. The van der Waals surface area contributed by atoms with Crippen molar-refractivity contribution in [2.24, 2.45) is 5.92 Å². The van der Waals surface area contributed by atoms with Gasteiger partial charge in [0.15, 0.2) is 11.1 Å². The topological polar surface area (TPSA) is 46.5 Å². The molecule has 0 saturated heterocycles. The van der Waals surface area contributed by atoms with Crippen LogP contribution in [0.2, 0.25) is 0 Å². The summed E-state index contributed by atoms with van der Waals surface area (Å²) in [5.74, 6) is 0.760. The lowest BCUT2D eigenvalue weighted by Gasteiger charge is -2.28. The number of methoxy groups -OCH3 is 1. The number of rotatable bonds is 4. The summed E-state index contributed by atoms with van der Waals surface area (Å²) in [4.78, 5) is 0. The van der Waals surface area contributed by atoms with Crippen LogP contribution in [0.1, 0.15) is 32.1 Å². The van der Waals surface area contributed by atoms with E-state index in [9.17, 15) is 4.21 Å². The lowest BCUT2D eigenvalue weighted by Crippen LogP contribution is -2.30. The molecule has 1 saturated carbocycles. The minimum atomic E-state index is -1.72. The molecule has 3 nitrogen and oxygen atoms in total. The second kappa shape index (κ2) is 5.73. The Balaban J connectivity index is 2.39. The monoisotopic (exact) mass is 206 g/mol. The number of ether oxygens (including phenoxy) is 1.